The van der Waals surface area contributed by atoms with Gasteiger partial charge in [-0.1, -0.05) is 0 Å². The van der Waals surface area contributed by atoms with E-state index < -0.39 is 0 Å². The molecule has 0 saturated carbocycles. The zero-order valence-corrected chi connectivity index (χ0v) is 9.44. The van der Waals surface area contributed by atoms with E-state index in [1.54, 1.807) is 0 Å². The van der Waals surface area contributed by atoms with Gasteiger partial charge in [0.1, 0.15) is 0 Å². The summed E-state index contributed by atoms with van der Waals surface area (Å²) < 4.78 is 5.52. The molecule has 1 aliphatic heterocycles. The van der Waals surface area contributed by atoms with Crippen molar-refractivity contribution in [2.24, 2.45) is 5.73 Å². The Bertz CT molecular complexity index is 170. The van der Waals surface area contributed by atoms with Gasteiger partial charge in [-0.2, -0.15) is 11.8 Å². The molecule has 82 valence electrons. The van der Waals surface area contributed by atoms with Gasteiger partial charge in [0.25, 0.3) is 0 Å². The Labute approximate surface area is 90.3 Å². The number of ether oxygens (including phenoxy) is 1. The third-order valence-corrected chi connectivity index (χ3v) is 3.50. The minimum atomic E-state index is 0.314. The van der Waals surface area contributed by atoms with Crippen molar-refractivity contribution in [2.45, 2.75) is 38.2 Å². The highest BCUT2D eigenvalue weighted by Crippen LogP contribution is 2.17. The molecule has 1 heterocycles. The molecule has 3 N–H and O–H groups in total. The van der Waals surface area contributed by atoms with Crippen LogP contribution in [0.4, 0.5) is 0 Å². The first-order valence-corrected chi connectivity index (χ1v) is 6.47. The Morgan fingerprint density at radius 3 is 3.00 bits per heavy atom. The molecule has 0 aromatic heterocycles. The number of nitrogens with one attached hydrogen (secondary N) is 1. The second-order valence-electron chi connectivity index (χ2n) is 3.69. The standard InChI is InChI=1S/C10H20N2OS/c11-10(12)5-1-2-7-14-8-9-4-3-6-13-9/h9H,1-8H2,(H3,11,12). The molecule has 0 radical (unpaired) electrons. The van der Waals surface area contributed by atoms with Crippen LogP contribution in [0.5, 0.6) is 0 Å². The number of unbranched alkanes of at least 4 members (excludes halogenated alkanes) is 1. The molecule has 1 aliphatic rings. The molecule has 3 nitrogen and oxygen atoms in total. The van der Waals surface area contributed by atoms with E-state index in [1.165, 1.54) is 18.6 Å². The second-order valence-corrected chi connectivity index (χ2v) is 4.84. The zero-order chi connectivity index (χ0) is 10.2. The van der Waals surface area contributed by atoms with Crippen LogP contribution in [0.1, 0.15) is 32.1 Å². The normalized spacial score (nSPS) is 21.3. The summed E-state index contributed by atoms with van der Waals surface area (Å²) in [5, 5.41) is 7.06. The number of hydrogen-bond acceptors (Lipinski definition) is 3. The average molecular weight is 216 g/mol. The number of amidine groups is 1. The van der Waals surface area contributed by atoms with E-state index in [2.05, 4.69) is 0 Å². The second kappa shape index (κ2) is 7.12. The van der Waals surface area contributed by atoms with Crippen LogP contribution >= 0.6 is 11.8 Å². The molecule has 0 bridgehead atoms. The van der Waals surface area contributed by atoms with Gasteiger partial charge in [-0.05, 0) is 31.4 Å². The van der Waals surface area contributed by atoms with Gasteiger partial charge in [-0.25, -0.2) is 0 Å². The van der Waals surface area contributed by atoms with E-state index in [1.807, 2.05) is 11.8 Å². The van der Waals surface area contributed by atoms with Crippen molar-refractivity contribution >= 4 is 17.6 Å². The van der Waals surface area contributed by atoms with Crippen LogP contribution in [0.25, 0.3) is 0 Å². The number of rotatable bonds is 7. The van der Waals surface area contributed by atoms with Crippen LogP contribution in [0.15, 0.2) is 0 Å². The monoisotopic (exact) mass is 216 g/mol. The van der Waals surface area contributed by atoms with Crippen molar-refractivity contribution in [3.63, 3.8) is 0 Å². The van der Waals surface area contributed by atoms with Gasteiger partial charge < -0.3 is 10.5 Å². The summed E-state index contributed by atoms with van der Waals surface area (Å²) in [7, 11) is 0. The SMILES string of the molecule is N=C(N)CCCCSCC1CCCO1. The van der Waals surface area contributed by atoms with Crippen LogP contribution in [-0.4, -0.2) is 30.1 Å². The number of nitrogens with two attached hydrogens (primary N) is 1. The fraction of sp³-hybridized carbons (Fsp3) is 0.900. The predicted octanol–water partition coefficient (Wildman–Crippen LogP) is 2.00. The maximum absolute atomic E-state index is 7.06. The van der Waals surface area contributed by atoms with E-state index in [9.17, 15) is 0 Å². The third-order valence-electron chi connectivity index (χ3n) is 2.31. The Morgan fingerprint density at radius 1 is 1.50 bits per heavy atom. The van der Waals surface area contributed by atoms with Crippen molar-refractivity contribution in [1.29, 1.82) is 5.41 Å². The summed E-state index contributed by atoms with van der Waals surface area (Å²) in [5.74, 6) is 2.63. The summed E-state index contributed by atoms with van der Waals surface area (Å²) in [6, 6.07) is 0. The van der Waals surface area contributed by atoms with Gasteiger partial charge >= 0.3 is 0 Å². The Morgan fingerprint density at radius 2 is 2.36 bits per heavy atom. The van der Waals surface area contributed by atoms with E-state index in [-0.39, 0.29) is 0 Å². The van der Waals surface area contributed by atoms with Crippen LogP contribution in [0.3, 0.4) is 0 Å². The summed E-state index contributed by atoms with van der Waals surface area (Å²) in [5.41, 5.74) is 5.26. The quantitative estimate of drug-likeness (QED) is 0.389. The lowest BCUT2D eigenvalue weighted by molar-refractivity contribution is 0.129. The maximum Gasteiger partial charge on any atom is 0.0905 e. The molecule has 1 saturated heterocycles. The third kappa shape index (κ3) is 5.50. The van der Waals surface area contributed by atoms with Gasteiger partial charge in [0.05, 0.1) is 11.9 Å². The van der Waals surface area contributed by atoms with E-state index in [0.29, 0.717) is 11.9 Å². The zero-order valence-electron chi connectivity index (χ0n) is 8.63. The minimum absolute atomic E-state index is 0.314. The minimum Gasteiger partial charge on any atom is -0.388 e. The molecular formula is C10H20N2OS. The van der Waals surface area contributed by atoms with E-state index in [0.717, 1.165) is 31.6 Å². The fourth-order valence-electron chi connectivity index (χ4n) is 1.51. The molecular weight excluding hydrogens is 196 g/mol. The smallest absolute Gasteiger partial charge is 0.0905 e. The van der Waals surface area contributed by atoms with Crippen LogP contribution in [0.2, 0.25) is 0 Å². The molecule has 0 aromatic carbocycles. The highest BCUT2D eigenvalue weighted by Gasteiger charge is 2.14. The fourth-order valence-corrected chi connectivity index (χ4v) is 2.61. The Balaban J connectivity index is 1.82. The molecule has 1 unspecified atom stereocenters. The molecule has 1 fully saturated rings. The van der Waals surface area contributed by atoms with Gasteiger partial charge in [0, 0.05) is 18.8 Å². The Kier molecular flexibility index (Phi) is 6.03. The molecule has 0 aliphatic carbocycles. The first kappa shape index (κ1) is 11.9. The number of thioether (sulfide) groups is 1. The van der Waals surface area contributed by atoms with Crippen molar-refractivity contribution in [1.82, 2.24) is 0 Å². The number of hydrogen-bond donors (Lipinski definition) is 2. The lowest BCUT2D eigenvalue weighted by Gasteiger charge is -2.07. The van der Waals surface area contributed by atoms with Crippen molar-refractivity contribution < 1.29 is 4.74 Å². The van der Waals surface area contributed by atoms with E-state index in [4.69, 9.17) is 15.9 Å². The summed E-state index contributed by atoms with van der Waals surface area (Å²) >= 11 is 1.97. The van der Waals surface area contributed by atoms with Crippen LogP contribution in [0, 0.1) is 5.41 Å². The molecule has 4 heteroatoms. The van der Waals surface area contributed by atoms with Gasteiger partial charge in [-0.15, -0.1) is 0 Å². The van der Waals surface area contributed by atoms with Crippen molar-refractivity contribution in [3.05, 3.63) is 0 Å². The highest BCUT2D eigenvalue weighted by atomic mass is 32.2. The Hall–Kier alpha value is -0.220. The molecule has 0 aromatic rings. The molecule has 1 rings (SSSR count). The van der Waals surface area contributed by atoms with Crippen LogP contribution in [-0.2, 0) is 4.74 Å². The lowest BCUT2D eigenvalue weighted by atomic mass is 10.2. The lowest BCUT2D eigenvalue weighted by Crippen LogP contribution is -2.09. The van der Waals surface area contributed by atoms with Crippen molar-refractivity contribution in [3.8, 4) is 0 Å². The summed E-state index contributed by atoms with van der Waals surface area (Å²) in [6.45, 7) is 0.954. The highest BCUT2D eigenvalue weighted by molar-refractivity contribution is 7.99. The first-order valence-electron chi connectivity index (χ1n) is 5.31. The predicted molar refractivity (Wildman–Crippen MR) is 62.1 cm³/mol. The van der Waals surface area contributed by atoms with Crippen LogP contribution < -0.4 is 5.73 Å². The van der Waals surface area contributed by atoms with Gasteiger partial charge in [0.15, 0.2) is 0 Å². The van der Waals surface area contributed by atoms with E-state index >= 15 is 0 Å². The largest absolute Gasteiger partial charge is 0.388 e. The topological polar surface area (TPSA) is 59.1 Å². The average Bonchev–Trinajstić information content (AvgIpc) is 2.63. The van der Waals surface area contributed by atoms with Crippen molar-refractivity contribution in [2.75, 3.05) is 18.1 Å². The molecule has 0 spiro atoms. The summed E-state index contributed by atoms with van der Waals surface area (Å²) in [6.07, 6.45) is 5.94. The molecule has 14 heavy (non-hydrogen) atoms. The van der Waals surface area contributed by atoms with Gasteiger partial charge in [-0.3, -0.25) is 5.41 Å². The first-order chi connectivity index (χ1) is 6.79. The maximum atomic E-state index is 7.06. The molecule has 1 atom stereocenters. The molecule has 0 amide bonds. The summed E-state index contributed by atoms with van der Waals surface area (Å²) in [4.78, 5) is 0. The van der Waals surface area contributed by atoms with Gasteiger partial charge in [0.2, 0.25) is 0 Å².